The summed E-state index contributed by atoms with van der Waals surface area (Å²) >= 11 is 0. The Morgan fingerprint density at radius 1 is 1.09 bits per heavy atom. The Morgan fingerprint density at radius 3 is 2.34 bits per heavy atom. The summed E-state index contributed by atoms with van der Waals surface area (Å²) in [6.45, 7) is 0.976. The van der Waals surface area contributed by atoms with E-state index in [1.54, 1.807) is 0 Å². The zero-order chi connectivity index (χ0) is 23.4. The van der Waals surface area contributed by atoms with E-state index in [0.29, 0.717) is 25.8 Å². The van der Waals surface area contributed by atoms with Gasteiger partial charge in [-0.15, -0.1) is 0 Å². The number of carbonyl (C=O) groups excluding carboxylic acids is 1. The number of nitrogens with zero attached hydrogens (tertiary/aromatic N) is 2. The monoisotopic (exact) mass is 489 g/mol. The van der Waals surface area contributed by atoms with E-state index in [0.717, 1.165) is 18.6 Å². The average molecular weight is 490 g/mol. The molecule has 2 heterocycles. The Morgan fingerprint density at radius 2 is 1.72 bits per heavy atom. The predicted molar refractivity (Wildman–Crippen MR) is 118 cm³/mol. The van der Waals surface area contributed by atoms with E-state index in [9.17, 15) is 26.0 Å². The van der Waals surface area contributed by atoms with Gasteiger partial charge < -0.3 is 11.1 Å². The van der Waals surface area contributed by atoms with Crippen LogP contribution in [0.1, 0.15) is 25.7 Å². The van der Waals surface area contributed by atoms with Crippen LogP contribution in [0.4, 0.5) is 4.39 Å². The molecule has 2 fully saturated rings. The minimum Gasteiger partial charge on any atom is -0.368 e. The van der Waals surface area contributed by atoms with Gasteiger partial charge in [0.05, 0.1) is 16.7 Å². The molecule has 2 aliphatic heterocycles. The molecule has 2 unspecified atom stereocenters. The molecule has 1 amide bonds. The number of nitrogens with two attached hydrogens (primary N) is 1. The van der Waals surface area contributed by atoms with Crippen molar-refractivity contribution in [1.29, 1.82) is 0 Å². The number of unbranched alkanes of at least 4 members (excludes halogenated alkanes) is 1. The molecule has 3 rings (SSSR count). The average Bonchev–Trinajstić information content (AvgIpc) is 2.77. The highest BCUT2D eigenvalue weighted by Gasteiger charge is 2.33. The van der Waals surface area contributed by atoms with Gasteiger partial charge in [-0.05, 0) is 68.8 Å². The van der Waals surface area contributed by atoms with Crippen molar-refractivity contribution in [3.8, 4) is 0 Å². The lowest BCUT2D eigenvalue weighted by Gasteiger charge is -2.33. The van der Waals surface area contributed by atoms with Gasteiger partial charge in [0.1, 0.15) is 5.82 Å². The lowest BCUT2D eigenvalue weighted by molar-refractivity contribution is -0.120. The molecule has 0 aromatic heterocycles. The number of rotatable bonds is 9. The molecule has 179 valence electrons. The first-order valence-electron chi connectivity index (χ1n) is 10.7. The van der Waals surface area contributed by atoms with Gasteiger partial charge in [0, 0.05) is 26.2 Å². The molecule has 0 bridgehead atoms. The number of sulfonamides is 2. The first-order chi connectivity index (χ1) is 15.1. The molecule has 12 heteroatoms. The second-order valence-corrected chi connectivity index (χ2v) is 12.2. The summed E-state index contributed by atoms with van der Waals surface area (Å²) in [5.41, 5.74) is 5.34. The summed E-state index contributed by atoms with van der Waals surface area (Å²) in [7, 11) is -7.28. The van der Waals surface area contributed by atoms with Crippen LogP contribution in [0.5, 0.6) is 0 Å². The summed E-state index contributed by atoms with van der Waals surface area (Å²) in [6.07, 6.45) is 4.67. The second-order valence-electron chi connectivity index (χ2n) is 8.14. The van der Waals surface area contributed by atoms with Crippen LogP contribution in [0.25, 0.3) is 0 Å². The first-order valence-corrected chi connectivity index (χ1v) is 13.7. The fourth-order valence-corrected chi connectivity index (χ4v) is 7.00. The fraction of sp³-hybridized carbons (Fsp3) is 0.600. The third kappa shape index (κ3) is 6.25. The Hall–Kier alpha value is -1.60. The third-order valence-corrected chi connectivity index (χ3v) is 9.81. The number of hydrogen-bond donors (Lipinski definition) is 2. The van der Waals surface area contributed by atoms with Crippen molar-refractivity contribution in [3.05, 3.63) is 36.5 Å². The van der Waals surface area contributed by atoms with Crippen molar-refractivity contribution < 1.29 is 26.0 Å². The van der Waals surface area contributed by atoms with E-state index in [1.807, 2.05) is 0 Å². The van der Waals surface area contributed by atoms with Crippen molar-refractivity contribution in [2.75, 3.05) is 38.5 Å². The summed E-state index contributed by atoms with van der Waals surface area (Å²) < 4.78 is 66.3. The number of nitrogens with one attached hydrogen (secondary N) is 1. The van der Waals surface area contributed by atoms with E-state index in [-0.39, 0.29) is 54.7 Å². The summed E-state index contributed by atoms with van der Waals surface area (Å²) in [5.74, 6) is -0.675. The molecule has 32 heavy (non-hydrogen) atoms. The van der Waals surface area contributed by atoms with Gasteiger partial charge in [0.15, 0.2) is 0 Å². The summed E-state index contributed by atoms with van der Waals surface area (Å²) in [4.78, 5) is 11.3. The van der Waals surface area contributed by atoms with Gasteiger partial charge in [-0.25, -0.2) is 21.2 Å². The maximum atomic E-state index is 13.1. The highest BCUT2D eigenvalue weighted by Crippen LogP contribution is 2.22. The SMILES string of the molecule is NC(=O)C1CC([CH]CCCS(=O)(=O)N2CCN(S(=O)(=O)c3ccc(F)cc3)CC2)CCN1. The van der Waals surface area contributed by atoms with Crippen molar-refractivity contribution in [2.45, 2.75) is 36.6 Å². The smallest absolute Gasteiger partial charge is 0.243 e. The number of primary amides is 1. The highest BCUT2D eigenvalue weighted by molar-refractivity contribution is 7.89. The van der Waals surface area contributed by atoms with Crippen LogP contribution in [0, 0.1) is 18.2 Å². The molecule has 1 aromatic carbocycles. The number of piperidine rings is 1. The molecule has 2 saturated heterocycles. The van der Waals surface area contributed by atoms with Crippen molar-refractivity contribution >= 4 is 26.0 Å². The van der Waals surface area contributed by atoms with Crippen LogP contribution in [0.15, 0.2) is 29.2 Å². The van der Waals surface area contributed by atoms with Crippen LogP contribution < -0.4 is 11.1 Å². The number of benzene rings is 1. The first kappa shape index (κ1) is 25.0. The van der Waals surface area contributed by atoms with Crippen molar-refractivity contribution in [2.24, 2.45) is 11.7 Å². The molecule has 2 atom stereocenters. The number of hydrogen-bond acceptors (Lipinski definition) is 6. The van der Waals surface area contributed by atoms with Crippen LogP contribution in [0.2, 0.25) is 0 Å². The molecule has 0 saturated carbocycles. The molecular formula is C20H30FN4O5S2. The minimum atomic E-state index is -3.79. The molecule has 0 aliphatic carbocycles. The quantitative estimate of drug-likeness (QED) is 0.480. The van der Waals surface area contributed by atoms with Crippen LogP contribution in [-0.2, 0) is 24.8 Å². The Balaban J connectivity index is 1.44. The maximum Gasteiger partial charge on any atom is 0.243 e. The summed E-state index contributed by atoms with van der Waals surface area (Å²) in [5, 5.41) is 3.07. The fourth-order valence-electron chi connectivity index (χ4n) is 4.07. The third-order valence-electron chi connectivity index (χ3n) is 5.94. The van der Waals surface area contributed by atoms with E-state index >= 15 is 0 Å². The van der Waals surface area contributed by atoms with Gasteiger partial charge in [-0.3, -0.25) is 4.79 Å². The van der Waals surface area contributed by atoms with Gasteiger partial charge in [0.2, 0.25) is 26.0 Å². The second kappa shape index (κ2) is 10.6. The predicted octanol–water partition coefficient (Wildman–Crippen LogP) is 0.300. The number of carbonyl (C=O) groups is 1. The summed E-state index contributed by atoms with van der Waals surface area (Å²) in [6, 6.07) is 4.25. The minimum absolute atomic E-state index is 0.0118. The normalized spacial score (nSPS) is 23.8. The number of halogens is 1. The highest BCUT2D eigenvalue weighted by atomic mass is 32.2. The molecule has 2 aliphatic rings. The lowest BCUT2D eigenvalue weighted by Crippen LogP contribution is -2.50. The van der Waals surface area contributed by atoms with E-state index in [1.165, 1.54) is 20.7 Å². The molecule has 1 radical (unpaired) electrons. The van der Waals surface area contributed by atoms with E-state index in [4.69, 9.17) is 5.73 Å². The Kier molecular flexibility index (Phi) is 8.26. The van der Waals surface area contributed by atoms with Gasteiger partial charge in [-0.2, -0.15) is 8.61 Å². The number of amides is 1. The molecule has 3 N–H and O–H groups in total. The molecular weight excluding hydrogens is 459 g/mol. The zero-order valence-corrected chi connectivity index (χ0v) is 19.5. The van der Waals surface area contributed by atoms with Crippen molar-refractivity contribution in [1.82, 2.24) is 13.9 Å². The van der Waals surface area contributed by atoms with E-state index < -0.39 is 25.9 Å². The molecule has 0 spiro atoms. The van der Waals surface area contributed by atoms with Gasteiger partial charge >= 0.3 is 0 Å². The largest absolute Gasteiger partial charge is 0.368 e. The zero-order valence-electron chi connectivity index (χ0n) is 17.8. The molecule has 1 aromatic rings. The Bertz CT molecular complexity index is 993. The van der Waals surface area contributed by atoms with E-state index in [2.05, 4.69) is 11.7 Å². The maximum absolute atomic E-state index is 13.1. The topological polar surface area (TPSA) is 130 Å². The van der Waals surface area contributed by atoms with Gasteiger partial charge in [-0.1, -0.05) is 0 Å². The lowest BCUT2D eigenvalue weighted by atomic mass is 9.88. The van der Waals surface area contributed by atoms with Crippen LogP contribution >= 0.6 is 0 Å². The molecule has 9 nitrogen and oxygen atoms in total. The van der Waals surface area contributed by atoms with Gasteiger partial charge in [0.25, 0.3) is 0 Å². The van der Waals surface area contributed by atoms with Crippen LogP contribution in [0.3, 0.4) is 0 Å². The van der Waals surface area contributed by atoms with Crippen molar-refractivity contribution in [3.63, 3.8) is 0 Å². The number of piperazine rings is 1. The Labute approximate surface area is 189 Å². The van der Waals surface area contributed by atoms with Crippen LogP contribution in [-0.4, -0.2) is 75.9 Å². The standard InChI is InChI=1S/C20H30FN4O5S2/c21-17-4-6-18(7-5-17)32(29,30)25-12-10-24(11-13-25)31(27,28)14-2-1-3-16-8-9-23-19(15-16)20(22)26/h3-7,16,19,23H,1-2,8-15H2,(H2,22,26).